The molecule has 3 atom stereocenters. The number of nitrogens with one attached hydrogen (secondary N) is 1. The smallest absolute Gasteiger partial charge is 0.249 e. The molecule has 1 aromatic rings. The van der Waals surface area contributed by atoms with Crippen molar-refractivity contribution in [3.8, 4) is 0 Å². The Kier molecular flexibility index (Phi) is 9.39. The van der Waals surface area contributed by atoms with Gasteiger partial charge in [-0.3, -0.25) is 4.79 Å². The van der Waals surface area contributed by atoms with Gasteiger partial charge < -0.3 is 16.1 Å². The zero-order valence-corrected chi connectivity index (χ0v) is 20.3. The first kappa shape index (κ1) is 25.9. The molecule has 3 unspecified atom stereocenters. The number of allylic oxidation sites excluding steroid dienone is 2. The summed E-state index contributed by atoms with van der Waals surface area (Å²) in [6.07, 6.45) is 10.1. The summed E-state index contributed by atoms with van der Waals surface area (Å²) in [6, 6.07) is 5.33. The Bertz CT molecular complexity index is 1040. The van der Waals surface area contributed by atoms with Gasteiger partial charge in [0.05, 0.1) is 0 Å². The summed E-state index contributed by atoms with van der Waals surface area (Å²) in [7, 11) is 0. The molecule has 0 saturated heterocycles. The van der Waals surface area contributed by atoms with Crippen LogP contribution in [-0.2, 0) is 4.79 Å². The molecule has 1 aliphatic heterocycles. The average molecular weight is 480 g/mol. The molecule has 2 aliphatic rings. The van der Waals surface area contributed by atoms with E-state index in [0.29, 0.717) is 37.1 Å². The van der Waals surface area contributed by atoms with Crippen molar-refractivity contribution >= 4 is 17.7 Å². The van der Waals surface area contributed by atoms with E-state index in [0.717, 1.165) is 29.7 Å². The molecule has 186 valence electrons. The number of hydrogen-bond acceptors (Lipinski definition) is 8. The highest BCUT2D eigenvalue weighted by Gasteiger charge is 2.25. The van der Waals surface area contributed by atoms with E-state index < -0.39 is 12.2 Å². The van der Waals surface area contributed by atoms with Crippen LogP contribution in [0.5, 0.6) is 0 Å². The minimum Gasteiger partial charge on any atom is -0.361 e. The van der Waals surface area contributed by atoms with Crippen molar-refractivity contribution in [3.63, 3.8) is 0 Å². The largest absolute Gasteiger partial charge is 0.361 e. The normalized spacial score (nSPS) is 20.2. The number of nitrogens with zero attached hydrogens (tertiary/aromatic N) is 5. The molecule has 1 aliphatic carbocycles. The lowest BCUT2D eigenvalue weighted by Crippen LogP contribution is -2.34. The number of carbonyl (C=O) groups excluding carboxylic acids is 1. The van der Waals surface area contributed by atoms with Gasteiger partial charge in [0.1, 0.15) is 18.8 Å². The molecular formula is C25H33N7O3. The van der Waals surface area contributed by atoms with E-state index >= 15 is 0 Å². The van der Waals surface area contributed by atoms with Crippen LogP contribution in [-0.4, -0.2) is 42.6 Å². The summed E-state index contributed by atoms with van der Waals surface area (Å²) in [4.78, 5) is 36.8. The summed E-state index contributed by atoms with van der Waals surface area (Å²) >= 11 is 0. The van der Waals surface area contributed by atoms with Crippen molar-refractivity contribution in [1.82, 2.24) is 4.90 Å². The average Bonchev–Trinajstić information content (AvgIpc) is 3.05. The van der Waals surface area contributed by atoms with Gasteiger partial charge in [-0.1, -0.05) is 59.8 Å². The maximum absolute atomic E-state index is 13.3. The standard InChI is InChI=1S/C25H33N7O3/c1-3-11-32(12-4-2)25(33)21-13-20-10-9-19(14-22(20)28-24(15-21)29-31-26)17-5-7-18(8-6-17)23(30-35)16-27-34/h5,7-10,13-14,17,23-24,28H,3-4,6,11-12,15-16H2,1-2H3,(H2,26,29). The number of hydrogen-bond donors (Lipinski definition) is 2. The molecule has 0 saturated carbocycles. The molecule has 0 aromatic heterocycles. The van der Waals surface area contributed by atoms with Gasteiger partial charge in [-0.15, -0.1) is 5.11 Å². The zero-order valence-electron chi connectivity index (χ0n) is 20.3. The number of fused-ring (bicyclic) bond motifs is 1. The fourth-order valence-corrected chi connectivity index (χ4v) is 4.50. The first-order chi connectivity index (χ1) is 17.0. The van der Waals surface area contributed by atoms with Crippen LogP contribution in [0.2, 0.25) is 0 Å². The van der Waals surface area contributed by atoms with Gasteiger partial charge in [-0.05, 0) is 48.1 Å². The van der Waals surface area contributed by atoms with Crippen LogP contribution in [0.1, 0.15) is 56.6 Å². The van der Waals surface area contributed by atoms with Gasteiger partial charge in [-0.25, -0.2) is 0 Å². The summed E-state index contributed by atoms with van der Waals surface area (Å²) in [5.74, 6) is 5.46. The van der Waals surface area contributed by atoms with Crippen LogP contribution in [0.4, 0.5) is 5.69 Å². The fourth-order valence-electron chi connectivity index (χ4n) is 4.50. The Morgan fingerprint density at radius 3 is 2.60 bits per heavy atom. The van der Waals surface area contributed by atoms with Crippen molar-refractivity contribution in [3.05, 3.63) is 68.5 Å². The Balaban J connectivity index is 1.87. The second-order valence-electron chi connectivity index (χ2n) is 8.74. The SMILES string of the molecule is CCCN(CCC)C(=O)C1=Cc2ccc(C3C=CC(C(CN=O)N=O)=CC3)cc2NC(N=NN)C1. The van der Waals surface area contributed by atoms with E-state index in [9.17, 15) is 14.6 Å². The molecule has 1 aromatic carbocycles. The van der Waals surface area contributed by atoms with E-state index in [-0.39, 0.29) is 18.4 Å². The molecule has 0 fully saturated rings. The van der Waals surface area contributed by atoms with Crippen LogP contribution in [0.3, 0.4) is 0 Å². The van der Waals surface area contributed by atoms with E-state index in [1.807, 2.05) is 47.4 Å². The van der Waals surface area contributed by atoms with Gasteiger partial charge in [0, 0.05) is 36.7 Å². The van der Waals surface area contributed by atoms with Gasteiger partial charge in [0.2, 0.25) is 5.91 Å². The summed E-state index contributed by atoms with van der Waals surface area (Å²) < 4.78 is 0. The highest BCUT2D eigenvalue weighted by molar-refractivity contribution is 5.99. The Labute approximate surface area is 205 Å². The van der Waals surface area contributed by atoms with Crippen molar-refractivity contribution in [2.24, 2.45) is 26.5 Å². The van der Waals surface area contributed by atoms with Crippen LogP contribution >= 0.6 is 0 Å². The lowest BCUT2D eigenvalue weighted by Gasteiger charge is -2.23. The van der Waals surface area contributed by atoms with Gasteiger partial charge >= 0.3 is 0 Å². The summed E-state index contributed by atoms with van der Waals surface area (Å²) in [5, 5.41) is 16.8. The first-order valence-corrected chi connectivity index (χ1v) is 12.0. The first-order valence-electron chi connectivity index (χ1n) is 12.0. The number of nitrogens with two attached hydrogens (primary N) is 1. The van der Waals surface area contributed by atoms with E-state index in [1.165, 1.54) is 0 Å². The lowest BCUT2D eigenvalue weighted by molar-refractivity contribution is -0.127. The zero-order chi connectivity index (χ0) is 25.2. The number of nitroso groups, excluding NO2 is 2. The maximum Gasteiger partial charge on any atom is 0.249 e. The molecule has 0 bridgehead atoms. The van der Waals surface area contributed by atoms with Gasteiger partial charge in [0.15, 0.2) is 0 Å². The van der Waals surface area contributed by atoms with E-state index in [2.05, 4.69) is 39.9 Å². The molecule has 3 N–H and O–H groups in total. The van der Waals surface area contributed by atoms with Crippen LogP contribution in [0.15, 0.2) is 68.3 Å². The predicted octanol–water partition coefficient (Wildman–Crippen LogP) is 5.06. The van der Waals surface area contributed by atoms with Crippen molar-refractivity contribution in [2.75, 3.05) is 25.0 Å². The predicted molar refractivity (Wildman–Crippen MR) is 137 cm³/mol. The third-order valence-corrected chi connectivity index (χ3v) is 6.21. The molecule has 3 rings (SSSR count). The minimum atomic E-state index is -0.748. The molecule has 1 amide bonds. The highest BCUT2D eigenvalue weighted by Crippen LogP contribution is 2.34. The second-order valence-corrected chi connectivity index (χ2v) is 8.74. The number of rotatable bonds is 11. The van der Waals surface area contributed by atoms with E-state index in [4.69, 9.17) is 5.84 Å². The Morgan fingerprint density at radius 2 is 2.00 bits per heavy atom. The van der Waals surface area contributed by atoms with Crippen LogP contribution in [0, 0.1) is 9.81 Å². The van der Waals surface area contributed by atoms with Gasteiger partial charge in [-0.2, -0.15) is 9.81 Å². The monoisotopic (exact) mass is 479 g/mol. The Morgan fingerprint density at radius 1 is 1.23 bits per heavy atom. The Hall–Kier alpha value is -3.69. The summed E-state index contributed by atoms with van der Waals surface area (Å²) in [5.41, 5.74) is 4.20. The third kappa shape index (κ3) is 6.46. The molecular weight excluding hydrogens is 446 g/mol. The third-order valence-electron chi connectivity index (χ3n) is 6.21. The van der Waals surface area contributed by atoms with E-state index in [1.54, 1.807) is 0 Å². The van der Waals surface area contributed by atoms with Crippen molar-refractivity contribution < 1.29 is 4.79 Å². The molecule has 10 nitrogen and oxygen atoms in total. The summed E-state index contributed by atoms with van der Waals surface area (Å²) in [6.45, 7) is 5.38. The highest BCUT2D eigenvalue weighted by atomic mass is 16.3. The number of anilines is 1. The quantitative estimate of drug-likeness (QED) is 0.197. The molecule has 10 heteroatoms. The van der Waals surface area contributed by atoms with Crippen molar-refractivity contribution in [1.29, 1.82) is 0 Å². The lowest BCUT2D eigenvalue weighted by atomic mass is 9.87. The van der Waals surface area contributed by atoms with Crippen molar-refractivity contribution in [2.45, 2.75) is 57.7 Å². The second kappa shape index (κ2) is 12.7. The molecule has 0 radical (unpaired) electrons. The number of carbonyl (C=O) groups is 1. The maximum atomic E-state index is 13.3. The molecule has 35 heavy (non-hydrogen) atoms. The molecule has 0 spiro atoms. The topological polar surface area (TPSA) is 142 Å². The molecule has 1 heterocycles. The minimum absolute atomic E-state index is 0.0145. The number of benzene rings is 1. The van der Waals surface area contributed by atoms with Crippen LogP contribution in [0.25, 0.3) is 6.08 Å². The fraction of sp³-hybridized carbons (Fsp3) is 0.480. The number of amides is 1. The van der Waals surface area contributed by atoms with Crippen LogP contribution < -0.4 is 11.2 Å². The van der Waals surface area contributed by atoms with Gasteiger partial charge in [0.25, 0.3) is 0 Å².